The lowest BCUT2D eigenvalue weighted by Crippen LogP contribution is -2.36. The summed E-state index contributed by atoms with van der Waals surface area (Å²) in [6.07, 6.45) is 0. The molecular weight excluding hydrogens is 395 g/mol. The smallest absolute Gasteiger partial charge is 0.267 e. The fourth-order valence-corrected chi connectivity index (χ4v) is 2.63. The molecular formula is C18H19FN8O3. The van der Waals surface area contributed by atoms with Crippen molar-refractivity contribution in [2.75, 3.05) is 0 Å². The highest BCUT2D eigenvalue weighted by Gasteiger charge is 2.18. The molecule has 0 unspecified atom stereocenters. The number of nitrogens with one attached hydrogen (secondary N) is 1. The summed E-state index contributed by atoms with van der Waals surface area (Å²) >= 11 is 0. The summed E-state index contributed by atoms with van der Waals surface area (Å²) in [5.74, 6) is 4.53. The number of carbonyl (C=O) groups excluding carboxylic acids is 2. The zero-order chi connectivity index (χ0) is 22.0. The van der Waals surface area contributed by atoms with Gasteiger partial charge >= 0.3 is 0 Å². The Morgan fingerprint density at radius 1 is 1.23 bits per heavy atom. The van der Waals surface area contributed by atoms with E-state index in [1.807, 2.05) is 0 Å². The average Bonchev–Trinajstić information content (AvgIpc) is 3.10. The van der Waals surface area contributed by atoms with Crippen LogP contribution in [-0.4, -0.2) is 31.9 Å². The van der Waals surface area contributed by atoms with Gasteiger partial charge in [0, 0.05) is 18.4 Å². The molecule has 0 aliphatic carbocycles. The number of aromatic nitrogens is 3. The van der Waals surface area contributed by atoms with Crippen LogP contribution in [0.3, 0.4) is 0 Å². The Bertz CT molecular complexity index is 1170. The Balaban J connectivity index is 1.89. The van der Waals surface area contributed by atoms with Crippen molar-refractivity contribution in [2.24, 2.45) is 17.3 Å². The second-order valence-electron chi connectivity index (χ2n) is 6.39. The van der Waals surface area contributed by atoms with E-state index in [0.717, 1.165) is 6.07 Å². The van der Waals surface area contributed by atoms with Crippen LogP contribution in [-0.2, 0) is 6.54 Å². The third-order valence-electron chi connectivity index (χ3n) is 4.22. The van der Waals surface area contributed by atoms with E-state index in [9.17, 15) is 14.0 Å². The van der Waals surface area contributed by atoms with Gasteiger partial charge in [0.2, 0.25) is 5.89 Å². The lowest BCUT2D eigenvalue weighted by Gasteiger charge is -2.20. The molecule has 30 heavy (non-hydrogen) atoms. The Hall–Kier alpha value is -4.06. The zero-order valence-electron chi connectivity index (χ0n) is 16.1. The Morgan fingerprint density at radius 3 is 2.60 bits per heavy atom. The van der Waals surface area contributed by atoms with Gasteiger partial charge in [0.25, 0.3) is 11.8 Å². The number of carbonyl (C=O) groups is 2. The fraction of sp³-hybridized carbons (Fsp3) is 0.167. The predicted molar refractivity (Wildman–Crippen MR) is 103 cm³/mol. The highest BCUT2D eigenvalue weighted by Crippen LogP contribution is 2.20. The first-order valence-corrected chi connectivity index (χ1v) is 8.65. The van der Waals surface area contributed by atoms with Crippen LogP contribution in [0.5, 0.6) is 0 Å². The first-order chi connectivity index (χ1) is 14.2. The van der Waals surface area contributed by atoms with Gasteiger partial charge < -0.3 is 26.3 Å². The van der Waals surface area contributed by atoms with Crippen molar-refractivity contribution in [1.29, 1.82) is 0 Å². The van der Waals surface area contributed by atoms with E-state index < -0.39 is 17.6 Å². The zero-order valence-corrected chi connectivity index (χ0v) is 16.1. The van der Waals surface area contributed by atoms with E-state index in [1.54, 1.807) is 13.8 Å². The number of aryl methyl sites for hydroxylation is 1. The van der Waals surface area contributed by atoms with E-state index in [1.165, 1.54) is 23.2 Å². The van der Waals surface area contributed by atoms with Crippen LogP contribution in [0.2, 0.25) is 0 Å². The molecule has 0 radical (unpaired) electrons. The maximum absolute atomic E-state index is 13.6. The van der Waals surface area contributed by atoms with Crippen LogP contribution in [0, 0.1) is 12.7 Å². The summed E-state index contributed by atoms with van der Waals surface area (Å²) in [7, 11) is 0. The van der Waals surface area contributed by atoms with Crippen molar-refractivity contribution >= 4 is 22.7 Å². The van der Waals surface area contributed by atoms with Crippen LogP contribution in [0.1, 0.15) is 39.5 Å². The van der Waals surface area contributed by atoms with Gasteiger partial charge in [-0.15, -0.1) is 0 Å². The molecule has 0 saturated carbocycles. The lowest BCUT2D eigenvalue weighted by atomic mass is 10.1. The Labute approximate surface area is 169 Å². The number of amides is 2. The summed E-state index contributed by atoms with van der Waals surface area (Å²) < 4.78 is 18.4. The number of benzene rings is 1. The molecule has 2 heterocycles. The summed E-state index contributed by atoms with van der Waals surface area (Å²) in [4.78, 5) is 32.4. The number of halogens is 1. The van der Waals surface area contributed by atoms with Gasteiger partial charge in [0.15, 0.2) is 5.82 Å². The first kappa shape index (κ1) is 20.7. The molecule has 0 aliphatic rings. The highest BCUT2D eigenvalue weighted by molar-refractivity contribution is 6.08. The number of hydrogen-bond acceptors (Lipinski definition) is 9. The summed E-state index contributed by atoms with van der Waals surface area (Å²) in [5, 5.41) is 7.78. The second-order valence-corrected chi connectivity index (χ2v) is 6.39. The molecule has 0 aliphatic heterocycles. The van der Waals surface area contributed by atoms with Crippen molar-refractivity contribution < 1.29 is 18.5 Å². The van der Waals surface area contributed by atoms with Crippen LogP contribution in [0.4, 0.5) is 4.39 Å². The fourth-order valence-electron chi connectivity index (χ4n) is 2.63. The lowest BCUT2D eigenvalue weighted by molar-refractivity contribution is 0.0965. The molecule has 0 atom stereocenters. The number of nitrogens with zero attached hydrogens (tertiary/aromatic N) is 4. The van der Waals surface area contributed by atoms with Gasteiger partial charge in [-0.2, -0.15) is 4.98 Å². The second kappa shape index (κ2) is 8.13. The number of rotatable bonds is 6. The quantitative estimate of drug-likeness (QED) is 0.328. The summed E-state index contributed by atoms with van der Waals surface area (Å²) in [5.41, 5.74) is 11.5. The molecule has 2 aromatic heterocycles. The number of nitrogens with two attached hydrogens (primary N) is 3. The third kappa shape index (κ3) is 4.33. The van der Waals surface area contributed by atoms with E-state index in [4.69, 9.17) is 21.8 Å². The average molecular weight is 414 g/mol. The maximum atomic E-state index is 13.6. The molecule has 1 aromatic carbocycles. The van der Waals surface area contributed by atoms with Gasteiger partial charge in [-0.25, -0.2) is 15.2 Å². The van der Waals surface area contributed by atoms with E-state index in [0.29, 0.717) is 22.8 Å². The minimum absolute atomic E-state index is 0.0434. The standard InChI is InChI=1S/C18H19FN8O3/c1-8(27(22)7-15-23-9(2)30-26-15)16(20)25-18(29)12-6-14(17(21)28)24-13-5-10(19)3-4-11(12)13/h3-6H,7,20,22H2,1-2H3,(H2,21,28)(H,25,29)/b16-8+. The van der Waals surface area contributed by atoms with E-state index >= 15 is 0 Å². The SMILES string of the molecule is C/C(=C(/N)NC(=O)c1cc(C(N)=O)nc2cc(F)ccc12)N(N)Cc1noc(C)n1. The van der Waals surface area contributed by atoms with Crippen LogP contribution in [0.15, 0.2) is 40.3 Å². The van der Waals surface area contributed by atoms with E-state index in [-0.39, 0.29) is 29.1 Å². The number of allylic oxidation sites excluding steroid dienone is 1. The Morgan fingerprint density at radius 2 is 1.97 bits per heavy atom. The van der Waals surface area contributed by atoms with Crippen molar-refractivity contribution in [3.05, 3.63) is 64.6 Å². The van der Waals surface area contributed by atoms with Crippen molar-refractivity contribution in [1.82, 2.24) is 25.5 Å². The maximum Gasteiger partial charge on any atom is 0.267 e. The van der Waals surface area contributed by atoms with Gasteiger partial charge in [0.1, 0.15) is 17.3 Å². The topological polar surface area (TPSA) is 179 Å². The molecule has 156 valence electrons. The minimum Gasteiger partial charge on any atom is -0.384 e. The van der Waals surface area contributed by atoms with Crippen molar-refractivity contribution in [2.45, 2.75) is 20.4 Å². The van der Waals surface area contributed by atoms with Crippen LogP contribution < -0.4 is 22.6 Å². The van der Waals surface area contributed by atoms with Gasteiger partial charge in [-0.1, -0.05) is 5.16 Å². The first-order valence-electron chi connectivity index (χ1n) is 8.65. The van der Waals surface area contributed by atoms with Crippen molar-refractivity contribution in [3.63, 3.8) is 0 Å². The Kier molecular flexibility index (Phi) is 5.60. The van der Waals surface area contributed by atoms with E-state index in [2.05, 4.69) is 20.4 Å². The molecule has 0 fully saturated rings. The third-order valence-corrected chi connectivity index (χ3v) is 4.22. The van der Waals surface area contributed by atoms with Crippen LogP contribution in [0.25, 0.3) is 10.9 Å². The molecule has 0 spiro atoms. The molecule has 12 heteroatoms. The predicted octanol–water partition coefficient (Wildman–Crippen LogP) is 0.418. The summed E-state index contributed by atoms with van der Waals surface area (Å²) in [6.45, 7) is 3.31. The van der Waals surface area contributed by atoms with Gasteiger partial charge in [-0.05, 0) is 25.1 Å². The summed E-state index contributed by atoms with van der Waals surface area (Å²) in [6, 6.07) is 4.85. The number of pyridine rings is 1. The highest BCUT2D eigenvalue weighted by atomic mass is 19.1. The number of fused-ring (bicyclic) bond motifs is 1. The number of primary amides is 1. The molecule has 7 N–H and O–H groups in total. The number of hydrazine groups is 1. The monoisotopic (exact) mass is 414 g/mol. The largest absolute Gasteiger partial charge is 0.384 e. The normalized spacial score (nSPS) is 11.9. The molecule has 11 nitrogen and oxygen atoms in total. The number of hydrogen-bond donors (Lipinski definition) is 4. The van der Waals surface area contributed by atoms with Crippen LogP contribution >= 0.6 is 0 Å². The molecule has 2 amide bonds. The molecule has 3 aromatic rings. The minimum atomic E-state index is -0.863. The molecule has 3 rings (SSSR count). The molecule has 0 saturated heterocycles. The van der Waals surface area contributed by atoms with Crippen molar-refractivity contribution in [3.8, 4) is 0 Å². The molecule has 0 bridgehead atoms. The van der Waals surface area contributed by atoms with Gasteiger partial charge in [0.05, 0.1) is 23.3 Å². The van der Waals surface area contributed by atoms with Gasteiger partial charge in [-0.3, -0.25) is 9.59 Å².